The van der Waals surface area contributed by atoms with Crippen molar-refractivity contribution in [1.29, 1.82) is 0 Å². The average Bonchev–Trinajstić information content (AvgIpc) is 2.87. The summed E-state index contributed by atoms with van der Waals surface area (Å²) in [6, 6.07) is 0.405. The van der Waals surface area contributed by atoms with Crippen LogP contribution in [0.4, 0.5) is 0 Å². The molecule has 6 nitrogen and oxygen atoms in total. The Kier molecular flexibility index (Phi) is 2.73. The molecule has 2 heterocycles. The van der Waals surface area contributed by atoms with Gasteiger partial charge in [-0.05, 0) is 19.4 Å². The van der Waals surface area contributed by atoms with Crippen LogP contribution in [0.2, 0.25) is 0 Å². The first-order valence-electron chi connectivity index (χ1n) is 4.73. The zero-order valence-electron chi connectivity index (χ0n) is 7.79. The van der Waals surface area contributed by atoms with Gasteiger partial charge >= 0.3 is 0 Å². The number of hydrogen-bond donors (Lipinski definition) is 3. The normalized spacial score (nSPS) is 21.0. The number of rotatable bonds is 3. The average molecular weight is 195 g/mol. The van der Waals surface area contributed by atoms with Gasteiger partial charge in [0.05, 0.1) is 0 Å². The first kappa shape index (κ1) is 9.14. The Morgan fingerprint density at radius 1 is 1.71 bits per heavy atom. The fourth-order valence-corrected chi connectivity index (χ4v) is 1.55. The van der Waals surface area contributed by atoms with Gasteiger partial charge in [0.1, 0.15) is 6.33 Å². The number of carbonyl (C=O) groups is 1. The summed E-state index contributed by atoms with van der Waals surface area (Å²) in [5, 5.41) is 12.2. The predicted molar refractivity (Wildman–Crippen MR) is 49.7 cm³/mol. The van der Waals surface area contributed by atoms with Crippen LogP contribution in [0, 0.1) is 0 Å². The summed E-state index contributed by atoms with van der Waals surface area (Å²) in [6.07, 6.45) is 3.63. The van der Waals surface area contributed by atoms with Gasteiger partial charge in [-0.2, -0.15) is 5.10 Å². The fraction of sp³-hybridized carbons (Fsp3) is 0.625. The van der Waals surface area contributed by atoms with Gasteiger partial charge in [0.2, 0.25) is 5.82 Å². The maximum absolute atomic E-state index is 11.4. The minimum Gasteiger partial charge on any atom is -0.348 e. The second-order valence-electron chi connectivity index (χ2n) is 3.34. The van der Waals surface area contributed by atoms with Crippen LogP contribution in [0.1, 0.15) is 23.5 Å². The lowest BCUT2D eigenvalue weighted by Gasteiger charge is -2.09. The summed E-state index contributed by atoms with van der Waals surface area (Å²) in [5.41, 5.74) is 0. The van der Waals surface area contributed by atoms with Gasteiger partial charge in [-0.3, -0.25) is 9.89 Å². The van der Waals surface area contributed by atoms with Crippen LogP contribution >= 0.6 is 0 Å². The Hall–Kier alpha value is -1.43. The summed E-state index contributed by atoms with van der Waals surface area (Å²) >= 11 is 0. The van der Waals surface area contributed by atoms with Gasteiger partial charge in [0.25, 0.3) is 5.91 Å². The van der Waals surface area contributed by atoms with E-state index in [1.807, 2.05) is 0 Å². The zero-order chi connectivity index (χ0) is 9.80. The molecule has 14 heavy (non-hydrogen) atoms. The smallest absolute Gasteiger partial charge is 0.288 e. The summed E-state index contributed by atoms with van der Waals surface area (Å²) in [4.78, 5) is 15.2. The first-order chi connectivity index (χ1) is 6.86. The van der Waals surface area contributed by atoms with Crippen LogP contribution in [0.3, 0.4) is 0 Å². The number of nitrogens with zero attached hydrogens (tertiary/aromatic N) is 2. The third-order valence-electron chi connectivity index (χ3n) is 2.30. The molecule has 1 fully saturated rings. The quantitative estimate of drug-likeness (QED) is 0.595. The maximum Gasteiger partial charge on any atom is 0.288 e. The van der Waals surface area contributed by atoms with Gasteiger partial charge in [-0.15, -0.1) is 0 Å². The number of nitrogens with one attached hydrogen (secondary N) is 3. The molecule has 1 amide bonds. The molecular formula is C8H13N5O. The molecule has 1 atom stereocenters. The van der Waals surface area contributed by atoms with Gasteiger partial charge in [0, 0.05) is 12.6 Å². The number of aromatic nitrogens is 3. The van der Waals surface area contributed by atoms with E-state index in [4.69, 9.17) is 0 Å². The lowest BCUT2D eigenvalue weighted by molar-refractivity contribution is 0.0940. The molecule has 0 aliphatic carbocycles. The van der Waals surface area contributed by atoms with Crippen LogP contribution in [0.5, 0.6) is 0 Å². The molecule has 1 aliphatic heterocycles. The highest BCUT2D eigenvalue weighted by molar-refractivity contribution is 5.90. The predicted octanol–water partition coefficient (Wildman–Crippen LogP) is -0.713. The molecule has 0 spiro atoms. The van der Waals surface area contributed by atoms with E-state index in [1.54, 1.807) is 0 Å². The molecule has 0 bridgehead atoms. The van der Waals surface area contributed by atoms with Crippen LogP contribution < -0.4 is 10.6 Å². The number of amides is 1. The molecule has 1 aromatic heterocycles. The van der Waals surface area contributed by atoms with Crippen molar-refractivity contribution in [3.8, 4) is 0 Å². The van der Waals surface area contributed by atoms with E-state index in [1.165, 1.54) is 12.7 Å². The van der Waals surface area contributed by atoms with Crippen LogP contribution in [-0.4, -0.2) is 40.2 Å². The van der Waals surface area contributed by atoms with Crippen molar-refractivity contribution in [2.24, 2.45) is 0 Å². The molecule has 3 N–H and O–H groups in total. The SMILES string of the molecule is O=C(NCC1CCCN1)c1ncn[nH]1. The van der Waals surface area contributed by atoms with Crippen molar-refractivity contribution in [2.45, 2.75) is 18.9 Å². The molecular weight excluding hydrogens is 182 g/mol. The molecule has 1 aromatic rings. The van der Waals surface area contributed by atoms with Crippen molar-refractivity contribution in [1.82, 2.24) is 25.8 Å². The lowest BCUT2D eigenvalue weighted by atomic mass is 10.2. The summed E-state index contributed by atoms with van der Waals surface area (Å²) < 4.78 is 0. The monoisotopic (exact) mass is 195 g/mol. The largest absolute Gasteiger partial charge is 0.348 e. The third-order valence-corrected chi connectivity index (χ3v) is 2.30. The van der Waals surface area contributed by atoms with Crippen molar-refractivity contribution < 1.29 is 4.79 Å². The Bertz CT molecular complexity index is 291. The molecule has 76 valence electrons. The van der Waals surface area contributed by atoms with Crippen LogP contribution in [0.15, 0.2) is 6.33 Å². The minimum atomic E-state index is -0.198. The van der Waals surface area contributed by atoms with Gasteiger partial charge in [-0.1, -0.05) is 0 Å². The second kappa shape index (κ2) is 4.19. The number of carbonyl (C=O) groups excluding carboxylic acids is 1. The fourth-order valence-electron chi connectivity index (χ4n) is 1.55. The van der Waals surface area contributed by atoms with Gasteiger partial charge in [0.15, 0.2) is 0 Å². The number of hydrogen-bond acceptors (Lipinski definition) is 4. The third kappa shape index (κ3) is 2.08. The second-order valence-corrected chi connectivity index (χ2v) is 3.34. The van der Waals surface area contributed by atoms with E-state index >= 15 is 0 Å². The van der Waals surface area contributed by atoms with E-state index in [0.717, 1.165) is 13.0 Å². The summed E-state index contributed by atoms with van der Waals surface area (Å²) in [6.45, 7) is 1.70. The highest BCUT2D eigenvalue weighted by atomic mass is 16.2. The van der Waals surface area contributed by atoms with Crippen LogP contribution in [0.25, 0.3) is 0 Å². The summed E-state index contributed by atoms with van der Waals surface area (Å²) in [7, 11) is 0. The Morgan fingerprint density at radius 3 is 3.29 bits per heavy atom. The molecule has 1 aliphatic rings. The van der Waals surface area contributed by atoms with E-state index in [0.29, 0.717) is 12.6 Å². The number of H-pyrrole nitrogens is 1. The standard InChI is InChI=1S/C8H13N5O/c14-8(7-11-5-12-13-7)10-4-6-2-1-3-9-6/h5-6,9H,1-4H2,(H,10,14)(H,11,12,13). The minimum absolute atomic E-state index is 0.198. The topological polar surface area (TPSA) is 82.7 Å². The highest BCUT2D eigenvalue weighted by Crippen LogP contribution is 2.03. The van der Waals surface area contributed by atoms with Crippen molar-refractivity contribution in [2.75, 3.05) is 13.1 Å². The Balaban J connectivity index is 1.78. The molecule has 1 saturated heterocycles. The summed E-state index contributed by atoms with van der Waals surface area (Å²) in [5.74, 6) is 0.0687. The van der Waals surface area contributed by atoms with E-state index in [-0.39, 0.29) is 11.7 Å². The van der Waals surface area contributed by atoms with Crippen molar-refractivity contribution in [3.63, 3.8) is 0 Å². The highest BCUT2D eigenvalue weighted by Gasteiger charge is 2.15. The molecule has 0 radical (unpaired) electrons. The Morgan fingerprint density at radius 2 is 2.64 bits per heavy atom. The molecule has 1 unspecified atom stereocenters. The molecule has 0 aromatic carbocycles. The zero-order valence-corrected chi connectivity index (χ0v) is 7.79. The van der Waals surface area contributed by atoms with Gasteiger partial charge in [-0.25, -0.2) is 4.98 Å². The van der Waals surface area contributed by atoms with E-state index in [2.05, 4.69) is 25.8 Å². The lowest BCUT2D eigenvalue weighted by Crippen LogP contribution is -2.37. The van der Waals surface area contributed by atoms with Crippen LogP contribution in [-0.2, 0) is 0 Å². The molecule has 2 rings (SSSR count). The molecule has 0 saturated carbocycles. The molecule has 6 heteroatoms. The Labute approximate surface area is 81.5 Å². The first-order valence-corrected chi connectivity index (χ1v) is 4.73. The van der Waals surface area contributed by atoms with E-state index in [9.17, 15) is 4.79 Å². The maximum atomic E-state index is 11.4. The van der Waals surface area contributed by atoms with Crippen molar-refractivity contribution >= 4 is 5.91 Å². The number of aromatic amines is 1. The van der Waals surface area contributed by atoms with Crippen molar-refractivity contribution in [3.05, 3.63) is 12.2 Å². The van der Waals surface area contributed by atoms with E-state index < -0.39 is 0 Å². The van der Waals surface area contributed by atoms with Gasteiger partial charge < -0.3 is 10.6 Å².